The Labute approximate surface area is 121 Å². The van der Waals surface area contributed by atoms with Crippen LogP contribution >= 0.6 is 0 Å². The summed E-state index contributed by atoms with van der Waals surface area (Å²) in [6.07, 6.45) is 1.59. The number of urea groups is 1. The number of benzene rings is 1. The summed E-state index contributed by atoms with van der Waals surface area (Å²) in [6.45, 7) is 2.04. The third-order valence-corrected chi connectivity index (χ3v) is 3.11. The van der Waals surface area contributed by atoms with Crippen molar-refractivity contribution in [3.63, 3.8) is 0 Å². The average molecular weight is 289 g/mol. The number of carbonyl (C=O) groups excluding carboxylic acids is 1. The Morgan fingerprint density at radius 1 is 1.38 bits per heavy atom. The molecule has 0 unspecified atom stereocenters. The Morgan fingerprint density at radius 3 is 2.95 bits per heavy atom. The van der Waals surface area contributed by atoms with Gasteiger partial charge in [-0.2, -0.15) is 0 Å². The van der Waals surface area contributed by atoms with Gasteiger partial charge in [-0.05, 0) is 19.1 Å². The van der Waals surface area contributed by atoms with Crippen LogP contribution in [-0.2, 0) is 7.05 Å². The summed E-state index contributed by atoms with van der Waals surface area (Å²) in [6, 6.07) is 4.63. The largest absolute Gasteiger partial charge is 0.454 e. The predicted octanol–water partition coefficient (Wildman–Crippen LogP) is 1.43. The van der Waals surface area contributed by atoms with Gasteiger partial charge in [0.05, 0.1) is 6.04 Å². The minimum absolute atomic E-state index is 0.203. The molecule has 1 atom stereocenters. The molecule has 1 aliphatic rings. The second-order valence-corrected chi connectivity index (χ2v) is 4.69. The van der Waals surface area contributed by atoms with Crippen LogP contribution < -0.4 is 20.1 Å². The van der Waals surface area contributed by atoms with Crippen molar-refractivity contribution in [3.05, 3.63) is 30.4 Å². The highest BCUT2D eigenvalue weighted by Gasteiger charge is 2.16. The molecule has 2 heterocycles. The van der Waals surface area contributed by atoms with Gasteiger partial charge >= 0.3 is 6.03 Å². The van der Waals surface area contributed by atoms with Crippen molar-refractivity contribution in [2.24, 2.45) is 7.05 Å². The Kier molecular flexibility index (Phi) is 3.35. The highest BCUT2D eigenvalue weighted by Crippen LogP contribution is 2.34. The molecule has 2 aromatic rings. The van der Waals surface area contributed by atoms with E-state index in [1.54, 1.807) is 29.1 Å². The molecule has 0 saturated carbocycles. The standard InChI is InChI=1S/C13H15N5O3/c1-8(12-17-14-6-18(12)2)15-13(19)16-9-3-4-10-11(5-9)21-7-20-10/h3-6,8H,7H2,1-2H3,(H2,15,16,19)/t8-/m0/s1. The lowest BCUT2D eigenvalue weighted by Gasteiger charge is -2.14. The van der Waals surface area contributed by atoms with Crippen LogP contribution in [0.2, 0.25) is 0 Å². The van der Waals surface area contributed by atoms with E-state index in [1.807, 2.05) is 14.0 Å². The third kappa shape index (κ3) is 2.73. The Balaban J connectivity index is 1.63. The van der Waals surface area contributed by atoms with Gasteiger partial charge in [0, 0.05) is 18.8 Å². The maximum Gasteiger partial charge on any atom is 0.319 e. The van der Waals surface area contributed by atoms with Crippen LogP contribution in [0.5, 0.6) is 11.5 Å². The highest BCUT2D eigenvalue weighted by atomic mass is 16.7. The molecule has 3 rings (SSSR count). The summed E-state index contributed by atoms with van der Waals surface area (Å²) in [5, 5.41) is 13.3. The van der Waals surface area contributed by atoms with Crippen LogP contribution in [0.15, 0.2) is 24.5 Å². The molecule has 0 radical (unpaired) electrons. The van der Waals surface area contributed by atoms with Gasteiger partial charge in [-0.15, -0.1) is 10.2 Å². The van der Waals surface area contributed by atoms with Gasteiger partial charge < -0.3 is 24.7 Å². The Morgan fingerprint density at radius 2 is 2.19 bits per heavy atom. The first-order chi connectivity index (χ1) is 10.1. The Hall–Kier alpha value is -2.77. The molecule has 2 amide bonds. The van der Waals surface area contributed by atoms with E-state index in [-0.39, 0.29) is 18.9 Å². The molecule has 8 heteroatoms. The normalized spacial score (nSPS) is 13.8. The van der Waals surface area contributed by atoms with E-state index in [2.05, 4.69) is 20.8 Å². The molecule has 0 spiro atoms. The second-order valence-electron chi connectivity index (χ2n) is 4.69. The third-order valence-electron chi connectivity index (χ3n) is 3.11. The van der Waals surface area contributed by atoms with Gasteiger partial charge in [0.1, 0.15) is 6.33 Å². The first kappa shape index (κ1) is 13.2. The lowest BCUT2D eigenvalue weighted by Crippen LogP contribution is -2.32. The number of aryl methyl sites for hydroxylation is 1. The van der Waals surface area contributed by atoms with Gasteiger partial charge in [0.15, 0.2) is 17.3 Å². The minimum Gasteiger partial charge on any atom is -0.454 e. The molecule has 1 aromatic carbocycles. The van der Waals surface area contributed by atoms with Gasteiger partial charge in [-0.3, -0.25) is 0 Å². The molecule has 0 saturated heterocycles. The number of fused-ring (bicyclic) bond motifs is 1. The monoisotopic (exact) mass is 289 g/mol. The smallest absolute Gasteiger partial charge is 0.319 e. The zero-order chi connectivity index (χ0) is 14.8. The number of hydrogen-bond donors (Lipinski definition) is 2. The van der Waals surface area contributed by atoms with E-state index in [0.717, 1.165) is 0 Å². The van der Waals surface area contributed by atoms with Crippen molar-refractivity contribution in [3.8, 4) is 11.5 Å². The van der Waals surface area contributed by atoms with Crippen molar-refractivity contribution in [1.29, 1.82) is 0 Å². The summed E-state index contributed by atoms with van der Waals surface area (Å²) < 4.78 is 12.2. The summed E-state index contributed by atoms with van der Waals surface area (Å²) in [7, 11) is 1.82. The molecule has 0 fully saturated rings. The topological polar surface area (TPSA) is 90.3 Å². The quantitative estimate of drug-likeness (QED) is 0.892. The zero-order valence-electron chi connectivity index (χ0n) is 11.7. The van der Waals surface area contributed by atoms with Gasteiger partial charge in [0.2, 0.25) is 6.79 Å². The van der Waals surface area contributed by atoms with Gasteiger partial charge in [-0.25, -0.2) is 4.79 Å². The zero-order valence-corrected chi connectivity index (χ0v) is 11.7. The number of amides is 2. The summed E-state index contributed by atoms with van der Waals surface area (Å²) in [4.78, 5) is 12.0. The lowest BCUT2D eigenvalue weighted by atomic mass is 10.3. The van der Waals surface area contributed by atoms with Crippen molar-refractivity contribution >= 4 is 11.7 Å². The van der Waals surface area contributed by atoms with E-state index in [4.69, 9.17) is 9.47 Å². The van der Waals surface area contributed by atoms with Gasteiger partial charge in [-0.1, -0.05) is 0 Å². The van der Waals surface area contributed by atoms with E-state index >= 15 is 0 Å². The summed E-state index contributed by atoms with van der Waals surface area (Å²) >= 11 is 0. The Bertz CT molecular complexity index is 670. The second kappa shape index (κ2) is 5.31. The number of aromatic nitrogens is 3. The number of carbonyl (C=O) groups is 1. The number of nitrogens with zero attached hydrogens (tertiary/aromatic N) is 3. The number of anilines is 1. The fraction of sp³-hybridized carbons (Fsp3) is 0.308. The van der Waals surface area contributed by atoms with Crippen molar-refractivity contribution in [1.82, 2.24) is 20.1 Å². The van der Waals surface area contributed by atoms with E-state index in [9.17, 15) is 4.79 Å². The van der Waals surface area contributed by atoms with Crippen LogP contribution in [0, 0.1) is 0 Å². The summed E-state index contributed by atoms with van der Waals surface area (Å²) in [5.41, 5.74) is 0.627. The van der Waals surface area contributed by atoms with Crippen molar-refractivity contribution in [2.45, 2.75) is 13.0 Å². The predicted molar refractivity (Wildman–Crippen MR) is 74.1 cm³/mol. The van der Waals surface area contributed by atoms with Crippen molar-refractivity contribution < 1.29 is 14.3 Å². The molecule has 8 nitrogen and oxygen atoms in total. The molecular formula is C13H15N5O3. The van der Waals surface area contributed by atoms with E-state index in [0.29, 0.717) is 23.0 Å². The highest BCUT2D eigenvalue weighted by molar-refractivity contribution is 5.89. The molecule has 0 bridgehead atoms. The fourth-order valence-corrected chi connectivity index (χ4v) is 2.09. The molecule has 0 aliphatic carbocycles. The van der Waals surface area contributed by atoms with Crippen LogP contribution in [0.3, 0.4) is 0 Å². The number of hydrogen-bond acceptors (Lipinski definition) is 5. The minimum atomic E-state index is -0.329. The van der Waals surface area contributed by atoms with Gasteiger partial charge in [0.25, 0.3) is 0 Å². The van der Waals surface area contributed by atoms with Crippen LogP contribution in [-0.4, -0.2) is 27.6 Å². The lowest BCUT2D eigenvalue weighted by molar-refractivity contribution is 0.174. The van der Waals surface area contributed by atoms with Crippen LogP contribution in [0.25, 0.3) is 0 Å². The first-order valence-corrected chi connectivity index (χ1v) is 6.44. The van der Waals surface area contributed by atoms with Crippen LogP contribution in [0.4, 0.5) is 10.5 Å². The van der Waals surface area contributed by atoms with E-state index < -0.39 is 0 Å². The first-order valence-electron chi connectivity index (χ1n) is 6.44. The maximum absolute atomic E-state index is 12.0. The maximum atomic E-state index is 12.0. The SMILES string of the molecule is C[C@H](NC(=O)Nc1ccc2c(c1)OCO2)c1nncn1C. The van der Waals surface area contributed by atoms with Crippen LogP contribution in [0.1, 0.15) is 18.8 Å². The molecular weight excluding hydrogens is 274 g/mol. The number of ether oxygens (including phenoxy) is 2. The summed E-state index contributed by atoms with van der Waals surface area (Å²) in [5.74, 6) is 1.97. The molecule has 1 aromatic heterocycles. The number of nitrogens with one attached hydrogen (secondary N) is 2. The average Bonchev–Trinajstić information content (AvgIpc) is 3.06. The van der Waals surface area contributed by atoms with Crippen molar-refractivity contribution in [2.75, 3.05) is 12.1 Å². The molecule has 1 aliphatic heterocycles. The van der Waals surface area contributed by atoms with E-state index in [1.165, 1.54) is 0 Å². The molecule has 110 valence electrons. The molecule has 2 N–H and O–H groups in total. The number of rotatable bonds is 3. The fourth-order valence-electron chi connectivity index (χ4n) is 2.09. The molecule has 21 heavy (non-hydrogen) atoms.